The number of aromatic nitrogens is 1. The summed E-state index contributed by atoms with van der Waals surface area (Å²) in [5.41, 5.74) is 4.39. The molecule has 2 heterocycles. The lowest BCUT2D eigenvalue weighted by atomic mass is 9.98. The van der Waals surface area contributed by atoms with Gasteiger partial charge in [0.2, 0.25) is 0 Å². The Morgan fingerprint density at radius 2 is 1.83 bits per heavy atom. The second-order valence-electron chi connectivity index (χ2n) is 7.68. The number of halogens is 2. The molecule has 5 rings (SSSR count). The maximum atomic E-state index is 13.8. The van der Waals surface area contributed by atoms with E-state index in [0.29, 0.717) is 25.1 Å². The highest BCUT2D eigenvalue weighted by Gasteiger charge is 2.44. The summed E-state index contributed by atoms with van der Waals surface area (Å²) in [6.45, 7) is 0.963. The Kier molecular flexibility index (Phi) is 4.38. The average Bonchev–Trinajstić information content (AvgIpc) is 3.13. The van der Waals surface area contributed by atoms with Crippen molar-refractivity contribution >= 4 is 34.1 Å². The fraction of sp³-hybridized carbons (Fsp3) is 0.125. The van der Waals surface area contributed by atoms with E-state index in [9.17, 15) is 14.3 Å². The maximum absolute atomic E-state index is 13.8. The van der Waals surface area contributed by atoms with Crippen molar-refractivity contribution in [2.24, 2.45) is 0 Å². The lowest BCUT2D eigenvalue weighted by molar-refractivity contribution is 0.0740. The van der Waals surface area contributed by atoms with Crippen molar-refractivity contribution in [1.82, 2.24) is 9.47 Å². The van der Waals surface area contributed by atoms with Crippen molar-refractivity contribution in [1.29, 1.82) is 0 Å². The molecule has 1 aliphatic heterocycles. The van der Waals surface area contributed by atoms with Crippen LogP contribution in [0.25, 0.3) is 10.9 Å². The van der Waals surface area contributed by atoms with Gasteiger partial charge in [-0.25, -0.2) is 13.7 Å². The van der Waals surface area contributed by atoms with Crippen LogP contribution in [0, 0.1) is 5.82 Å². The van der Waals surface area contributed by atoms with E-state index in [0.717, 1.165) is 16.9 Å². The molecule has 150 valence electrons. The SMILES string of the molecule is O=C(c1ccc(O)c(Cl)c1)[N+]1(c2ccc(F)cc2)CCc2c([nH]c3ccccc23)C1. The number of para-hydroxylation sites is 1. The summed E-state index contributed by atoms with van der Waals surface area (Å²) >= 11 is 6.08. The molecule has 3 aromatic carbocycles. The van der Waals surface area contributed by atoms with Crippen molar-refractivity contribution in [2.45, 2.75) is 13.0 Å². The molecule has 0 bridgehead atoms. The van der Waals surface area contributed by atoms with Gasteiger partial charge in [0.25, 0.3) is 0 Å². The molecule has 0 aliphatic carbocycles. The van der Waals surface area contributed by atoms with Crippen LogP contribution in [-0.2, 0) is 13.0 Å². The van der Waals surface area contributed by atoms with Crippen LogP contribution in [0.1, 0.15) is 21.6 Å². The second kappa shape index (κ2) is 6.97. The first-order chi connectivity index (χ1) is 14.5. The van der Waals surface area contributed by atoms with Crippen molar-refractivity contribution in [2.75, 3.05) is 6.54 Å². The number of rotatable bonds is 2. The maximum Gasteiger partial charge on any atom is 0.351 e. The van der Waals surface area contributed by atoms with E-state index in [-0.39, 0.29) is 27.0 Å². The topological polar surface area (TPSA) is 53.1 Å². The predicted molar refractivity (Wildman–Crippen MR) is 116 cm³/mol. The number of aromatic amines is 1. The fourth-order valence-electron chi connectivity index (χ4n) is 4.45. The number of carbonyl (C=O) groups is 1. The molecule has 30 heavy (non-hydrogen) atoms. The van der Waals surface area contributed by atoms with Gasteiger partial charge in [-0.15, -0.1) is 0 Å². The zero-order chi connectivity index (χ0) is 20.9. The Morgan fingerprint density at radius 1 is 1.07 bits per heavy atom. The van der Waals surface area contributed by atoms with Gasteiger partial charge in [0.15, 0.2) is 0 Å². The fourth-order valence-corrected chi connectivity index (χ4v) is 4.63. The summed E-state index contributed by atoms with van der Waals surface area (Å²) < 4.78 is 13.7. The molecule has 0 saturated heterocycles. The number of nitrogens with zero attached hydrogens (tertiary/aromatic N) is 1. The molecule has 1 aromatic heterocycles. The van der Waals surface area contributed by atoms with Crippen LogP contribution >= 0.6 is 11.6 Å². The van der Waals surface area contributed by atoms with Gasteiger partial charge in [0.1, 0.15) is 23.8 Å². The zero-order valence-electron chi connectivity index (χ0n) is 16.0. The molecular formula is C24H19ClFN2O2+. The molecule has 1 unspecified atom stereocenters. The van der Waals surface area contributed by atoms with E-state index in [2.05, 4.69) is 11.1 Å². The van der Waals surface area contributed by atoms with Gasteiger partial charge in [0, 0.05) is 29.5 Å². The first kappa shape index (κ1) is 18.9. The quantitative estimate of drug-likeness (QED) is 0.416. The number of hydrogen-bond acceptors (Lipinski definition) is 2. The molecule has 0 radical (unpaired) electrons. The third kappa shape index (κ3) is 2.90. The number of nitrogens with one attached hydrogen (secondary N) is 1. The summed E-state index contributed by atoms with van der Waals surface area (Å²) in [5, 5.41) is 11.1. The van der Waals surface area contributed by atoms with Gasteiger partial charge < -0.3 is 10.1 Å². The van der Waals surface area contributed by atoms with E-state index in [1.807, 2.05) is 18.2 Å². The minimum atomic E-state index is -0.347. The number of hydrogen-bond donors (Lipinski definition) is 2. The van der Waals surface area contributed by atoms with E-state index in [1.165, 1.54) is 35.2 Å². The number of benzene rings is 3. The van der Waals surface area contributed by atoms with Crippen LogP contribution in [0.2, 0.25) is 5.02 Å². The first-order valence-corrected chi connectivity index (χ1v) is 10.1. The number of phenols is 1. The van der Waals surface area contributed by atoms with Gasteiger partial charge in [0.05, 0.1) is 22.8 Å². The van der Waals surface area contributed by atoms with Gasteiger partial charge in [-0.05, 0) is 42.0 Å². The van der Waals surface area contributed by atoms with Gasteiger partial charge in [-0.1, -0.05) is 29.8 Å². The summed E-state index contributed by atoms with van der Waals surface area (Å²) in [6, 6.07) is 18.7. The Hall–Kier alpha value is -3.15. The van der Waals surface area contributed by atoms with Crippen LogP contribution in [0.5, 0.6) is 5.75 Å². The smallest absolute Gasteiger partial charge is 0.351 e. The third-order valence-electron chi connectivity index (χ3n) is 5.98. The minimum absolute atomic E-state index is 0.0151. The van der Waals surface area contributed by atoms with Crippen molar-refractivity contribution in [3.8, 4) is 5.75 Å². The highest BCUT2D eigenvalue weighted by molar-refractivity contribution is 6.32. The Balaban J connectivity index is 1.67. The Bertz CT molecular complexity index is 1280. The zero-order valence-corrected chi connectivity index (χ0v) is 16.8. The molecule has 2 N–H and O–H groups in total. The third-order valence-corrected chi connectivity index (χ3v) is 6.28. The summed E-state index contributed by atoms with van der Waals surface area (Å²) in [7, 11) is 0. The average molecular weight is 422 g/mol. The van der Waals surface area contributed by atoms with Crippen molar-refractivity contribution in [3.05, 3.63) is 94.4 Å². The summed E-state index contributed by atoms with van der Waals surface area (Å²) in [5.74, 6) is -0.564. The van der Waals surface area contributed by atoms with Crippen molar-refractivity contribution in [3.63, 3.8) is 0 Å². The molecule has 0 fully saturated rings. The molecule has 0 saturated carbocycles. The highest BCUT2D eigenvalue weighted by Crippen LogP contribution is 2.37. The number of carbonyl (C=O) groups excluding carboxylic acids is 1. The van der Waals surface area contributed by atoms with Crippen molar-refractivity contribution < 1.29 is 14.3 Å². The van der Waals surface area contributed by atoms with Crippen LogP contribution in [0.3, 0.4) is 0 Å². The molecule has 4 aromatic rings. The molecule has 0 spiro atoms. The van der Waals surface area contributed by atoms with E-state index < -0.39 is 0 Å². The molecule has 1 atom stereocenters. The molecule has 6 heteroatoms. The lowest BCUT2D eigenvalue weighted by Crippen LogP contribution is -2.56. The van der Waals surface area contributed by atoms with E-state index >= 15 is 0 Å². The van der Waals surface area contributed by atoms with Crippen LogP contribution in [-0.4, -0.2) is 22.5 Å². The van der Waals surface area contributed by atoms with Crippen LogP contribution in [0.4, 0.5) is 10.1 Å². The number of fused-ring (bicyclic) bond motifs is 3. The van der Waals surface area contributed by atoms with Gasteiger partial charge in [-0.2, -0.15) is 0 Å². The molecule has 1 amide bonds. The number of amides is 1. The van der Waals surface area contributed by atoms with Gasteiger partial charge >= 0.3 is 5.91 Å². The monoisotopic (exact) mass is 421 g/mol. The van der Waals surface area contributed by atoms with E-state index in [1.54, 1.807) is 18.2 Å². The summed E-state index contributed by atoms with van der Waals surface area (Å²) in [6.07, 6.45) is 0.703. The molecule has 1 aliphatic rings. The molecular weight excluding hydrogens is 403 g/mol. The normalized spacial score (nSPS) is 18.3. The van der Waals surface area contributed by atoms with Crippen LogP contribution in [0.15, 0.2) is 66.7 Å². The number of H-pyrrole nitrogens is 1. The van der Waals surface area contributed by atoms with Crippen LogP contribution < -0.4 is 4.48 Å². The number of aromatic hydroxyl groups is 1. The lowest BCUT2D eigenvalue weighted by Gasteiger charge is -2.38. The first-order valence-electron chi connectivity index (χ1n) is 9.73. The van der Waals surface area contributed by atoms with Gasteiger partial charge in [-0.3, -0.25) is 0 Å². The standard InChI is InChI=1S/C24H18ClFN2O2/c25-20-13-15(5-10-23(20)29)24(30)28(17-8-6-16(26)7-9-17)12-11-19-18-3-1-2-4-21(18)27-22(19)14-28/h1-10,13,27H,11-12,14H2/p+1. The molecule has 4 nitrogen and oxygen atoms in total. The summed E-state index contributed by atoms with van der Waals surface area (Å²) in [4.78, 5) is 17.3. The van der Waals surface area contributed by atoms with E-state index in [4.69, 9.17) is 11.6 Å². The Morgan fingerprint density at radius 3 is 2.60 bits per heavy atom. The highest BCUT2D eigenvalue weighted by atomic mass is 35.5. The largest absolute Gasteiger partial charge is 0.506 e. The minimum Gasteiger partial charge on any atom is -0.506 e. The number of phenolic OH excluding ortho intramolecular Hbond substituents is 1. The number of quaternary nitrogens is 1. The second-order valence-corrected chi connectivity index (χ2v) is 8.08. The predicted octanol–water partition coefficient (Wildman–Crippen LogP) is 5.57. The Labute approximate surface area is 177 Å².